The van der Waals surface area contributed by atoms with Crippen molar-refractivity contribution in [3.63, 3.8) is 0 Å². The molecule has 0 aliphatic carbocycles. The molecule has 2 heterocycles. The molecule has 66 valence electrons. The monoisotopic (exact) mass is 166 g/mol. The van der Waals surface area contributed by atoms with E-state index in [9.17, 15) is 5.11 Å². The van der Waals surface area contributed by atoms with Gasteiger partial charge in [0.2, 0.25) is 0 Å². The van der Waals surface area contributed by atoms with Gasteiger partial charge in [-0.1, -0.05) is 0 Å². The molecule has 2 saturated heterocycles. The SMILES string of the molecule is N#CC1(CO)CCN2CCCC21. The molecule has 2 atom stereocenters. The molecule has 3 heteroatoms. The number of nitrogens with zero attached hydrogens (tertiary/aromatic N) is 2. The number of nitriles is 1. The lowest BCUT2D eigenvalue weighted by Crippen LogP contribution is -2.36. The molecule has 2 unspecified atom stereocenters. The Hall–Kier alpha value is -0.590. The van der Waals surface area contributed by atoms with Crippen LogP contribution in [0.3, 0.4) is 0 Å². The van der Waals surface area contributed by atoms with E-state index in [1.807, 2.05) is 0 Å². The Labute approximate surface area is 72.6 Å². The van der Waals surface area contributed by atoms with E-state index in [1.165, 1.54) is 6.42 Å². The predicted molar refractivity (Wildman–Crippen MR) is 44.3 cm³/mol. The summed E-state index contributed by atoms with van der Waals surface area (Å²) in [6, 6.07) is 2.65. The van der Waals surface area contributed by atoms with Crippen LogP contribution in [0.5, 0.6) is 0 Å². The summed E-state index contributed by atoms with van der Waals surface area (Å²) in [7, 11) is 0. The summed E-state index contributed by atoms with van der Waals surface area (Å²) < 4.78 is 0. The largest absolute Gasteiger partial charge is 0.395 e. The molecule has 1 N–H and O–H groups in total. The zero-order valence-electron chi connectivity index (χ0n) is 7.16. The fourth-order valence-electron chi connectivity index (χ4n) is 2.58. The van der Waals surface area contributed by atoms with Crippen molar-refractivity contribution in [2.24, 2.45) is 5.41 Å². The first-order chi connectivity index (χ1) is 5.82. The van der Waals surface area contributed by atoms with Gasteiger partial charge >= 0.3 is 0 Å². The number of fused-ring (bicyclic) bond motifs is 1. The predicted octanol–water partition coefficient (Wildman–Crippen LogP) is 0.357. The fraction of sp³-hybridized carbons (Fsp3) is 0.889. The lowest BCUT2D eigenvalue weighted by atomic mass is 9.81. The van der Waals surface area contributed by atoms with Gasteiger partial charge in [-0.15, -0.1) is 0 Å². The lowest BCUT2D eigenvalue weighted by Gasteiger charge is -2.25. The molecule has 2 rings (SSSR count). The Morgan fingerprint density at radius 3 is 3.08 bits per heavy atom. The maximum absolute atomic E-state index is 9.21. The summed E-state index contributed by atoms with van der Waals surface area (Å²) in [4.78, 5) is 2.35. The highest BCUT2D eigenvalue weighted by molar-refractivity contribution is 5.12. The number of hydrogen-bond donors (Lipinski definition) is 1. The minimum absolute atomic E-state index is 0.0324. The summed E-state index contributed by atoms with van der Waals surface area (Å²) in [5, 5.41) is 18.2. The maximum atomic E-state index is 9.21. The Morgan fingerprint density at radius 1 is 1.58 bits per heavy atom. The average molecular weight is 166 g/mol. The number of aliphatic hydroxyl groups excluding tert-OH is 1. The summed E-state index contributed by atoms with van der Waals surface area (Å²) in [6.45, 7) is 2.15. The van der Waals surface area contributed by atoms with Crippen molar-refractivity contribution in [3.05, 3.63) is 0 Å². The number of aliphatic hydroxyl groups is 1. The highest BCUT2D eigenvalue weighted by Crippen LogP contribution is 2.41. The van der Waals surface area contributed by atoms with Gasteiger partial charge in [-0.3, -0.25) is 4.90 Å². The molecule has 0 radical (unpaired) electrons. The van der Waals surface area contributed by atoms with Crippen molar-refractivity contribution in [3.8, 4) is 6.07 Å². The third-order valence-corrected chi connectivity index (χ3v) is 3.35. The third kappa shape index (κ3) is 0.886. The molecule has 12 heavy (non-hydrogen) atoms. The first kappa shape index (κ1) is 8.03. The van der Waals surface area contributed by atoms with Crippen molar-refractivity contribution < 1.29 is 5.11 Å². The van der Waals surface area contributed by atoms with Crippen LogP contribution in [0.15, 0.2) is 0 Å². The van der Waals surface area contributed by atoms with Crippen LogP contribution in [0.2, 0.25) is 0 Å². The van der Waals surface area contributed by atoms with Crippen LogP contribution >= 0.6 is 0 Å². The van der Waals surface area contributed by atoms with Gasteiger partial charge in [-0.25, -0.2) is 0 Å². The van der Waals surface area contributed by atoms with Crippen LogP contribution < -0.4 is 0 Å². The van der Waals surface area contributed by atoms with E-state index in [4.69, 9.17) is 5.26 Å². The molecule has 0 aromatic heterocycles. The van der Waals surface area contributed by atoms with Gasteiger partial charge in [-0.05, 0) is 25.8 Å². The van der Waals surface area contributed by atoms with Crippen LogP contribution in [0.1, 0.15) is 19.3 Å². The van der Waals surface area contributed by atoms with Gasteiger partial charge in [0.1, 0.15) is 0 Å². The second-order valence-corrected chi connectivity index (χ2v) is 3.87. The van der Waals surface area contributed by atoms with E-state index >= 15 is 0 Å². The van der Waals surface area contributed by atoms with Crippen LogP contribution in [-0.2, 0) is 0 Å². The minimum Gasteiger partial charge on any atom is -0.395 e. The normalized spacial score (nSPS) is 41.2. The third-order valence-electron chi connectivity index (χ3n) is 3.35. The lowest BCUT2D eigenvalue weighted by molar-refractivity contribution is 0.139. The highest BCUT2D eigenvalue weighted by Gasteiger charge is 2.49. The highest BCUT2D eigenvalue weighted by atomic mass is 16.3. The van der Waals surface area contributed by atoms with E-state index in [2.05, 4.69) is 11.0 Å². The van der Waals surface area contributed by atoms with Crippen molar-refractivity contribution in [2.45, 2.75) is 25.3 Å². The first-order valence-electron chi connectivity index (χ1n) is 4.58. The zero-order valence-corrected chi connectivity index (χ0v) is 7.16. The molecule has 2 aliphatic rings. The molecule has 0 aromatic carbocycles. The molecule has 0 amide bonds. The average Bonchev–Trinajstić information content (AvgIpc) is 2.64. The summed E-state index contributed by atoms with van der Waals surface area (Å²) in [5.41, 5.74) is -0.434. The second-order valence-electron chi connectivity index (χ2n) is 3.87. The van der Waals surface area contributed by atoms with Crippen LogP contribution in [0.4, 0.5) is 0 Å². The number of rotatable bonds is 1. The molecule has 2 fully saturated rings. The molecule has 0 spiro atoms. The van der Waals surface area contributed by atoms with Crippen molar-refractivity contribution >= 4 is 0 Å². The van der Waals surface area contributed by atoms with Gasteiger partial charge in [0.25, 0.3) is 0 Å². The minimum atomic E-state index is -0.434. The van der Waals surface area contributed by atoms with Gasteiger partial charge < -0.3 is 5.11 Å². The summed E-state index contributed by atoms with van der Waals surface area (Å²) in [6.07, 6.45) is 3.13. The molecule has 2 aliphatic heterocycles. The Morgan fingerprint density at radius 2 is 2.42 bits per heavy atom. The topological polar surface area (TPSA) is 47.3 Å². The molecule has 0 aromatic rings. The van der Waals surface area contributed by atoms with Crippen LogP contribution in [0.25, 0.3) is 0 Å². The van der Waals surface area contributed by atoms with Gasteiger partial charge in [0.05, 0.1) is 18.1 Å². The van der Waals surface area contributed by atoms with E-state index in [0.29, 0.717) is 6.04 Å². The van der Waals surface area contributed by atoms with Crippen molar-refractivity contribution in [1.29, 1.82) is 5.26 Å². The fourth-order valence-corrected chi connectivity index (χ4v) is 2.58. The van der Waals surface area contributed by atoms with E-state index in [1.54, 1.807) is 0 Å². The maximum Gasteiger partial charge on any atom is 0.0970 e. The van der Waals surface area contributed by atoms with Crippen LogP contribution in [-0.4, -0.2) is 35.7 Å². The molecule has 3 nitrogen and oxygen atoms in total. The molecular weight excluding hydrogens is 152 g/mol. The van der Waals surface area contributed by atoms with E-state index in [0.717, 1.165) is 25.9 Å². The quantitative estimate of drug-likeness (QED) is 0.611. The van der Waals surface area contributed by atoms with Gasteiger partial charge in [-0.2, -0.15) is 5.26 Å². The molecule has 0 saturated carbocycles. The smallest absolute Gasteiger partial charge is 0.0970 e. The summed E-state index contributed by atoms with van der Waals surface area (Å²) in [5.74, 6) is 0. The Bertz CT molecular complexity index is 223. The van der Waals surface area contributed by atoms with Crippen molar-refractivity contribution in [2.75, 3.05) is 19.7 Å². The van der Waals surface area contributed by atoms with E-state index < -0.39 is 5.41 Å². The molecule has 0 bridgehead atoms. The molecular formula is C9H14N2O. The van der Waals surface area contributed by atoms with Crippen LogP contribution in [0, 0.1) is 16.7 Å². The van der Waals surface area contributed by atoms with Crippen molar-refractivity contribution in [1.82, 2.24) is 4.90 Å². The summed E-state index contributed by atoms with van der Waals surface area (Å²) >= 11 is 0. The standard InChI is InChI=1S/C9H14N2O/c10-6-9(7-12)3-5-11-4-1-2-8(9)11/h8,12H,1-5,7H2. The Kier molecular flexibility index (Phi) is 1.82. The first-order valence-corrected chi connectivity index (χ1v) is 4.58. The zero-order chi connectivity index (χ0) is 8.60. The van der Waals surface area contributed by atoms with Gasteiger partial charge in [0, 0.05) is 12.6 Å². The second kappa shape index (κ2) is 2.72. The van der Waals surface area contributed by atoms with E-state index in [-0.39, 0.29) is 6.61 Å². The Balaban J connectivity index is 2.22. The number of hydrogen-bond acceptors (Lipinski definition) is 3. The van der Waals surface area contributed by atoms with Gasteiger partial charge in [0.15, 0.2) is 0 Å².